The van der Waals surface area contributed by atoms with Gasteiger partial charge in [0, 0.05) is 0 Å². The summed E-state index contributed by atoms with van der Waals surface area (Å²) in [5, 5.41) is 4.56. The molecule has 0 aliphatic rings. The van der Waals surface area contributed by atoms with E-state index in [1.54, 1.807) is 9.66 Å². The third-order valence-electron chi connectivity index (χ3n) is 3.09. The van der Waals surface area contributed by atoms with Crippen LogP contribution in [0.1, 0.15) is 27.7 Å². The molecule has 0 amide bonds. The molecule has 0 radical (unpaired) electrons. The van der Waals surface area contributed by atoms with Gasteiger partial charge in [0.25, 0.3) is 0 Å². The molecule has 0 saturated carbocycles. The van der Waals surface area contributed by atoms with E-state index in [0.717, 1.165) is 0 Å². The molecular formula is C14H24AsP. The summed E-state index contributed by atoms with van der Waals surface area (Å²) >= 11 is -0.729. The zero-order chi connectivity index (χ0) is 12.0. The summed E-state index contributed by atoms with van der Waals surface area (Å²) in [5.41, 5.74) is 0. The van der Waals surface area contributed by atoms with Crippen molar-refractivity contribution in [2.24, 2.45) is 0 Å². The van der Waals surface area contributed by atoms with E-state index in [2.05, 4.69) is 52.0 Å². The minimum absolute atomic E-state index is 0.120. The molecule has 0 aliphatic heterocycles. The molecule has 0 aliphatic carbocycles. The number of rotatable bonds is 6. The molecule has 1 aromatic carbocycles. The van der Waals surface area contributed by atoms with Gasteiger partial charge in [-0.25, -0.2) is 0 Å². The second-order valence-electron chi connectivity index (χ2n) is 3.83. The molecular weight excluding hydrogens is 274 g/mol. The fourth-order valence-corrected chi connectivity index (χ4v) is 9.40. The molecule has 0 atom stereocenters. The zero-order valence-corrected chi connectivity index (χ0v) is 13.8. The van der Waals surface area contributed by atoms with Crippen molar-refractivity contribution in [2.75, 3.05) is 12.3 Å². The summed E-state index contributed by atoms with van der Waals surface area (Å²) in [6.45, 7) is 9.45. The van der Waals surface area contributed by atoms with Gasteiger partial charge in [0.15, 0.2) is 0 Å². The molecule has 2 heteroatoms. The van der Waals surface area contributed by atoms with Crippen LogP contribution in [0, 0.1) is 0 Å². The van der Waals surface area contributed by atoms with Gasteiger partial charge in [-0.2, -0.15) is 0 Å². The molecule has 0 spiro atoms. The fraction of sp³-hybridized carbons (Fsp3) is 0.571. The molecule has 0 saturated heterocycles. The van der Waals surface area contributed by atoms with E-state index in [1.165, 1.54) is 22.7 Å². The summed E-state index contributed by atoms with van der Waals surface area (Å²) in [5.74, 6) is 0. The van der Waals surface area contributed by atoms with Crippen LogP contribution in [0.2, 0.25) is 10.4 Å². The molecule has 0 bridgehead atoms. The van der Waals surface area contributed by atoms with E-state index in [-0.39, 0.29) is 7.92 Å². The van der Waals surface area contributed by atoms with E-state index in [1.807, 2.05) is 0 Å². The average Bonchev–Trinajstić information content (AvgIpc) is 2.34. The van der Waals surface area contributed by atoms with Crippen molar-refractivity contribution < 1.29 is 0 Å². The molecule has 90 valence electrons. The molecule has 1 aromatic rings. The maximum absolute atomic E-state index is 2.42. The van der Waals surface area contributed by atoms with Gasteiger partial charge < -0.3 is 0 Å². The molecule has 16 heavy (non-hydrogen) atoms. The van der Waals surface area contributed by atoms with Crippen LogP contribution < -0.4 is 9.66 Å². The van der Waals surface area contributed by atoms with Crippen LogP contribution in [0.5, 0.6) is 0 Å². The summed E-state index contributed by atoms with van der Waals surface area (Å²) in [6.07, 6.45) is 2.69. The van der Waals surface area contributed by atoms with Crippen LogP contribution in [0.15, 0.2) is 24.3 Å². The molecule has 0 aromatic heterocycles. The molecule has 0 nitrogen and oxygen atoms in total. The van der Waals surface area contributed by atoms with Gasteiger partial charge in [0.1, 0.15) is 0 Å². The van der Waals surface area contributed by atoms with Crippen LogP contribution in [-0.4, -0.2) is 27.0 Å². The Morgan fingerprint density at radius 1 is 0.938 bits per heavy atom. The van der Waals surface area contributed by atoms with Crippen molar-refractivity contribution in [3.8, 4) is 0 Å². The SMILES string of the molecule is CCP(CC)c1ccccc1[As](CC)CC. The minimum atomic E-state index is -0.729. The molecule has 0 fully saturated rings. The van der Waals surface area contributed by atoms with Crippen LogP contribution in [0.4, 0.5) is 0 Å². The van der Waals surface area contributed by atoms with E-state index >= 15 is 0 Å². The number of benzene rings is 1. The van der Waals surface area contributed by atoms with Gasteiger partial charge in [0.05, 0.1) is 0 Å². The Balaban J connectivity index is 3.07. The van der Waals surface area contributed by atoms with Crippen molar-refractivity contribution in [3.05, 3.63) is 24.3 Å². The van der Waals surface area contributed by atoms with Crippen LogP contribution in [-0.2, 0) is 0 Å². The van der Waals surface area contributed by atoms with Gasteiger partial charge in [-0.3, -0.25) is 0 Å². The van der Waals surface area contributed by atoms with Gasteiger partial charge in [-0.1, -0.05) is 0 Å². The van der Waals surface area contributed by atoms with Gasteiger partial charge in [-0.15, -0.1) is 0 Å². The van der Waals surface area contributed by atoms with E-state index < -0.39 is 14.7 Å². The number of hydrogen-bond acceptors (Lipinski definition) is 0. The fourth-order valence-electron chi connectivity index (χ4n) is 2.13. The van der Waals surface area contributed by atoms with E-state index in [0.29, 0.717) is 0 Å². The van der Waals surface area contributed by atoms with Crippen LogP contribution in [0.25, 0.3) is 0 Å². The third kappa shape index (κ3) is 3.35. The Kier molecular flexibility index (Phi) is 6.71. The second kappa shape index (κ2) is 7.52. The first-order valence-electron chi connectivity index (χ1n) is 6.37. The Labute approximate surface area is 107 Å². The standard InChI is InChI=1S/C14H24AsP/c1-5-15(6-2)13-11-9-10-12-14(13)16(7-3)8-4/h9-12H,5-8H2,1-4H3. The molecule has 1 rings (SSSR count). The average molecular weight is 298 g/mol. The van der Waals surface area contributed by atoms with E-state index in [9.17, 15) is 0 Å². The van der Waals surface area contributed by atoms with E-state index in [4.69, 9.17) is 0 Å². The molecule has 0 unspecified atom stereocenters. The summed E-state index contributed by atoms with van der Waals surface area (Å²) in [6, 6.07) is 9.30. The van der Waals surface area contributed by atoms with Crippen molar-refractivity contribution in [1.82, 2.24) is 0 Å². The monoisotopic (exact) mass is 298 g/mol. The summed E-state index contributed by atoms with van der Waals surface area (Å²) in [7, 11) is 0.120. The van der Waals surface area contributed by atoms with Crippen molar-refractivity contribution in [1.29, 1.82) is 0 Å². The maximum atomic E-state index is 2.42. The molecule has 0 N–H and O–H groups in total. The van der Waals surface area contributed by atoms with Gasteiger partial charge in [0.2, 0.25) is 0 Å². The Bertz CT molecular complexity index is 272. The third-order valence-corrected chi connectivity index (χ3v) is 11.5. The first-order chi connectivity index (χ1) is 7.78. The summed E-state index contributed by atoms with van der Waals surface area (Å²) < 4.78 is 1.77. The Hall–Kier alpha value is 0.208. The normalized spacial score (nSPS) is 11.4. The number of hydrogen-bond donors (Lipinski definition) is 0. The van der Waals surface area contributed by atoms with Crippen LogP contribution >= 0.6 is 7.92 Å². The van der Waals surface area contributed by atoms with Crippen molar-refractivity contribution >= 4 is 32.2 Å². The van der Waals surface area contributed by atoms with Crippen molar-refractivity contribution in [3.63, 3.8) is 0 Å². The predicted molar refractivity (Wildman–Crippen MR) is 80.4 cm³/mol. The first kappa shape index (κ1) is 14.3. The van der Waals surface area contributed by atoms with Gasteiger partial charge in [-0.05, 0) is 0 Å². The Morgan fingerprint density at radius 3 is 2.00 bits per heavy atom. The zero-order valence-electron chi connectivity index (χ0n) is 11.0. The molecule has 0 heterocycles. The predicted octanol–water partition coefficient (Wildman–Crippen LogP) is 3.58. The van der Waals surface area contributed by atoms with Gasteiger partial charge >= 0.3 is 107 Å². The topological polar surface area (TPSA) is 0 Å². The van der Waals surface area contributed by atoms with Crippen LogP contribution in [0.3, 0.4) is 0 Å². The quantitative estimate of drug-likeness (QED) is 0.556. The first-order valence-corrected chi connectivity index (χ1v) is 11.7. The second-order valence-corrected chi connectivity index (χ2v) is 12.6. The van der Waals surface area contributed by atoms with Crippen molar-refractivity contribution in [2.45, 2.75) is 38.1 Å². The summed E-state index contributed by atoms with van der Waals surface area (Å²) in [4.78, 5) is 0. The Morgan fingerprint density at radius 2 is 1.50 bits per heavy atom.